The van der Waals surface area contributed by atoms with Gasteiger partial charge in [-0.2, -0.15) is 0 Å². The van der Waals surface area contributed by atoms with Crippen LogP contribution in [0.3, 0.4) is 0 Å². The lowest BCUT2D eigenvalue weighted by Crippen LogP contribution is -2.21. The summed E-state index contributed by atoms with van der Waals surface area (Å²) >= 11 is 0. The van der Waals surface area contributed by atoms with E-state index in [9.17, 15) is 13.2 Å². The number of fused-ring (bicyclic) bond motifs is 1. The first-order valence-electron chi connectivity index (χ1n) is 6.20. The first kappa shape index (κ1) is 13.8. The Bertz CT molecular complexity index is 699. The standard InChI is InChI=1S/C14H17NO3S/c1-11(2)19(17,18)9-8-15-7-6-12-4-3-5-13(10-16)14(12)15/h3-7,10-11H,8-9H2,1-2H3. The molecule has 5 heteroatoms. The number of rotatable bonds is 5. The maximum Gasteiger partial charge on any atom is 0.154 e. The van der Waals surface area contributed by atoms with Crippen LogP contribution < -0.4 is 0 Å². The van der Waals surface area contributed by atoms with E-state index in [0.717, 1.165) is 17.2 Å². The lowest BCUT2D eigenvalue weighted by Gasteiger charge is -2.10. The number of aldehydes is 1. The zero-order chi connectivity index (χ0) is 14.0. The Balaban J connectivity index is 2.34. The molecule has 0 spiro atoms. The molecule has 0 atom stereocenters. The van der Waals surface area contributed by atoms with Crippen molar-refractivity contribution in [2.24, 2.45) is 0 Å². The van der Waals surface area contributed by atoms with Gasteiger partial charge in [0.25, 0.3) is 0 Å². The van der Waals surface area contributed by atoms with Crippen molar-refractivity contribution in [2.45, 2.75) is 25.6 Å². The predicted octanol–water partition coefficient (Wildman–Crippen LogP) is 2.28. The van der Waals surface area contributed by atoms with E-state index in [0.29, 0.717) is 12.1 Å². The van der Waals surface area contributed by atoms with Crippen molar-refractivity contribution in [1.29, 1.82) is 0 Å². The van der Waals surface area contributed by atoms with E-state index in [-0.39, 0.29) is 11.0 Å². The van der Waals surface area contributed by atoms with Gasteiger partial charge in [0, 0.05) is 23.7 Å². The summed E-state index contributed by atoms with van der Waals surface area (Å²) in [5.74, 6) is 0.0850. The lowest BCUT2D eigenvalue weighted by molar-refractivity contribution is 0.112. The van der Waals surface area contributed by atoms with Gasteiger partial charge in [0.15, 0.2) is 16.1 Å². The Morgan fingerprint density at radius 2 is 2.00 bits per heavy atom. The molecule has 1 heterocycles. The minimum atomic E-state index is -3.07. The number of carbonyl (C=O) groups is 1. The topological polar surface area (TPSA) is 56.1 Å². The van der Waals surface area contributed by atoms with E-state index >= 15 is 0 Å². The Hall–Kier alpha value is -1.62. The summed E-state index contributed by atoms with van der Waals surface area (Å²) in [7, 11) is -3.07. The number of para-hydroxylation sites is 1. The van der Waals surface area contributed by atoms with Crippen LogP contribution in [-0.4, -0.2) is 30.3 Å². The minimum Gasteiger partial charge on any atom is -0.346 e. The van der Waals surface area contributed by atoms with Gasteiger partial charge in [0.05, 0.1) is 16.5 Å². The third-order valence-electron chi connectivity index (χ3n) is 3.28. The quantitative estimate of drug-likeness (QED) is 0.789. The van der Waals surface area contributed by atoms with Gasteiger partial charge in [-0.15, -0.1) is 0 Å². The molecule has 1 aromatic carbocycles. The summed E-state index contributed by atoms with van der Waals surface area (Å²) < 4.78 is 25.5. The molecule has 0 N–H and O–H groups in total. The molecular formula is C14H17NO3S. The summed E-state index contributed by atoms with van der Waals surface area (Å²) in [5.41, 5.74) is 1.39. The summed E-state index contributed by atoms with van der Waals surface area (Å²) in [4.78, 5) is 11.0. The van der Waals surface area contributed by atoms with Gasteiger partial charge >= 0.3 is 0 Å². The highest BCUT2D eigenvalue weighted by molar-refractivity contribution is 7.91. The smallest absolute Gasteiger partial charge is 0.154 e. The van der Waals surface area contributed by atoms with E-state index in [1.54, 1.807) is 19.9 Å². The molecule has 0 amide bonds. The van der Waals surface area contributed by atoms with E-state index < -0.39 is 9.84 Å². The molecule has 0 aliphatic heterocycles. The van der Waals surface area contributed by atoms with Crippen LogP contribution in [0, 0.1) is 0 Å². The fourth-order valence-corrected chi connectivity index (χ4v) is 2.96. The highest BCUT2D eigenvalue weighted by Crippen LogP contribution is 2.19. The van der Waals surface area contributed by atoms with Crippen molar-refractivity contribution in [3.05, 3.63) is 36.0 Å². The van der Waals surface area contributed by atoms with Crippen LogP contribution in [0.5, 0.6) is 0 Å². The molecule has 0 saturated heterocycles. The van der Waals surface area contributed by atoms with Gasteiger partial charge in [0.1, 0.15) is 0 Å². The fourth-order valence-electron chi connectivity index (χ4n) is 2.03. The molecule has 1 aromatic heterocycles. The van der Waals surface area contributed by atoms with Crippen molar-refractivity contribution >= 4 is 27.0 Å². The molecule has 0 aliphatic rings. The van der Waals surface area contributed by atoms with Crippen molar-refractivity contribution in [3.8, 4) is 0 Å². The van der Waals surface area contributed by atoms with Gasteiger partial charge in [-0.05, 0) is 26.0 Å². The Labute approximate surface area is 113 Å². The van der Waals surface area contributed by atoms with Crippen LogP contribution in [0.4, 0.5) is 0 Å². The summed E-state index contributed by atoms with van der Waals surface area (Å²) in [6.07, 6.45) is 2.63. The Morgan fingerprint density at radius 3 is 2.63 bits per heavy atom. The summed E-state index contributed by atoms with van der Waals surface area (Å²) in [5, 5.41) is 0.575. The van der Waals surface area contributed by atoms with Gasteiger partial charge < -0.3 is 4.57 Å². The molecule has 4 nitrogen and oxygen atoms in total. The van der Waals surface area contributed by atoms with Crippen LogP contribution in [0.25, 0.3) is 10.9 Å². The average molecular weight is 279 g/mol. The second kappa shape index (κ2) is 5.17. The molecule has 0 bridgehead atoms. The largest absolute Gasteiger partial charge is 0.346 e. The lowest BCUT2D eigenvalue weighted by atomic mass is 10.1. The van der Waals surface area contributed by atoms with Crippen LogP contribution in [-0.2, 0) is 16.4 Å². The molecule has 0 aliphatic carbocycles. The van der Waals surface area contributed by atoms with Crippen LogP contribution >= 0.6 is 0 Å². The second-order valence-electron chi connectivity index (χ2n) is 4.83. The van der Waals surface area contributed by atoms with Crippen molar-refractivity contribution in [1.82, 2.24) is 4.57 Å². The predicted molar refractivity (Wildman–Crippen MR) is 76.2 cm³/mol. The molecule has 0 radical (unpaired) electrons. The summed E-state index contributed by atoms with van der Waals surface area (Å²) in [6.45, 7) is 3.73. The number of aromatic nitrogens is 1. The maximum absolute atomic E-state index is 11.8. The number of sulfone groups is 1. The van der Waals surface area contributed by atoms with Crippen LogP contribution in [0.15, 0.2) is 30.5 Å². The average Bonchev–Trinajstić information content (AvgIpc) is 2.79. The monoisotopic (exact) mass is 279 g/mol. The second-order valence-corrected chi connectivity index (χ2v) is 7.50. The number of hydrogen-bond acceptors (Lipinski definition) is 3. The highest BCUT2D eigenvalue weighted by atomic mass is 32.2. The van der Waals surface area contributed by atoms with E-state index in [4.69, 9.17) is 0 Å². The number of nitrogens with zero attached hydrogens (tertiary/aromatic N) is 1. The Kier molecular flexibility index (Phi) is 3.75. The number of hydrogen-bond donors (Lipinski definition) is 0. The minimum absolute atomic E-state index is 0.0850. The van der Waals surface area contributed by atoms with Crippen molar-refractivity contribution in [3.63, 3.8) is 0 Å². The van der Waals surface area contributed by atoms with Crippen molar-refractivity contribution < 1.29 is 13.2 Å². The third kappa shape index (κ3) is 2.71. The molecule has 2 rings (SSSR count). The van der Waals surface area contributed by atoms with E-state index in [2.05, 4.69) is 0 Å². The molecule has 0 unspecified atom stereocenters. The molecule has 0 saturated carbocycles. The van der Waals surface area contributed by atoms with Crippen LogP contribution in [0.2, 0.25) is 0 Å². The molecular weight excluding hydrogens is 262 g/mol. The normalized spacial score (nSPS) is 12.2. The van der Waals surface area contributed by atoms with Gasteiger partial charge in [-0.25, -0.2) is 8.42 Å². The third-order valence-corrected chi connectivity index (χ3v) is 5.47. The summed E-state index contributed by atoms with van der Waals surface area (Å²) in [6, 6.07) is 7.37. The first-order chi connectivity index (χ1) is 8.95. The zero-order valence-electron chi connectivity index (χ0n) is 11.0. The van der Waals surface area contributed by atoms with Gasteiger partial charge in [0.2, 0.25) is 0 Å². The Morgan fingerprint density at radius 1 is 1.26 bits per heavy atom. The number of aryl methyl sites for hydroxylation is 1. The van der Waals surface area contributed by atoms with Gasteiger partial charge in [-0.1, -0.05) is 12.1 Å². The van der Waals surface area contributed by atoms with Crippen LogP contribution in [0.1, 0.15) is 24.2 Å². The first-order valence-corrected chi connectivity index (χ1v) is 7.92. The van der Waals surface area contributed by atoms with E-state index in [1.165, 1.54) is 0 Å². The SMILES string of the molecule is CC(C)S(=O)(=O)CCn1ccc2cccc(C=O)c21. The van der Waals surface area contributed by atoms with Crippen molar-refractivity contribution in [2.75, 3.05) is 5.75 Å². The molecule has 0 fully saturated rings. The molecule has 102 valence electrons. The molecule has 2 aromatic rings. The number of benzene rings is 1. The zero-order valence-corrected chi connectivity index (χ0v) is 11.9. The molecule has 19 heavy (non-hydrogen) atoms. The maximum atomic E-state index is 11.8. The highest BCUT2D eigenvalue weighted by Gasteiger charge is 2.16. The fraction of sp³-hybridized carbons (Fsp3) is 0.357. The van der Waals surface area contributed by atoms with E-state index in [1.807, 2.05) is 29.0 Å². The number of carbonyl (C=O) groups excluding carboxylic acids is 1. The van der Waals surface area contributed by atoms with Gasteiger partial charge in [-0.3, -0.25) is 4.79 Å².